The molecule has 0 saturated carbocycles. The van der Waals surface area contributed by atoms with E-state index in [1.54, 1.807) is 4.90 Å². The van der Waals surface area contributed by atoms with Crippen molar-refractivity contribution in [2.75, 3.05) is 6.54 Å². The zero-order chi connectivity index (χ0) is 18.2. The third-order valence-corrected chi connectivity index (χ3v) is 3.82. The van der Waals surface area contributed by atoms with Crippen molar-refractivity contribution in [3.63, 3.8) is 0 Å². The van der Waals surface area contributed by atoms with Crippen LogP contribution >= 0.6 is 12.2 Å². The number of hydrogen-bond donors (Lipinski definition) is 2. The highest BCUT2D eigenvalue weighted by molar-refractivity contribution is 7.80. The molecule has 0 heterocycles. The maximum absolute atomic E-state index is 12.9. The molecule has 0 radical (unpaired) electrons. The van der Waals surface area contributed by atoms with Gasteiger partial charge in [0.2, 0.25) is 5.91 Å². The van der Waals surface area contributed by atoms with Crippen LogP contribution in [0.1, 0.15) is 22.3 Å². The van der Waals surface area contributed by atoms with Crippen LogP contribution in [0, 0.1) is 5.82 Å². The standard InChI is InChI=1S/C18H18FN3O2S/c19-15-8-6-14(7-9-15)17(24)21-18(25)22(11-10-16(20)23)12-13-4-2-1-3-5-13/h1-9H,10-12H2,(H2,20,23)(H,21,24,25). The van der Waals surface area contributed by atoms with Crippen molar-refractivity contribution in [1.82, 2.24) is 10.2 Å². The number of carbonyl (C=O) groups is 2. The summed E-state index contributed by atoms with van der Waals surface area (Å²) in [5, 5.41) is 2.78. The molecule has 2 rings (SSSR count). The quantitative estimate of drug-likeness (QED) is 0.776. The number of primary amides is 1. The van der Waals surface area contributed by atoms with Gasteiger partial charge in [-0.15, -0.1) is 0 Å². The van der Waals surface area contributed by atoms with Crippen molar-refractivity contribution >= 4 is 29.1 Å². The summed E-state index contributed by atoms with van der Waals surface area (Å²) in [6, 6.07) is 14.7. The zero-order valence-electron chi connectivity index (χ0n) is 13.4. The van der Waals surface area contributed by atoms with Crippen molar-refractivity contribution < 1.29 is 14.0 Å². The topological polar surface area (TPSA) is 75.4 Å². The number of rotatable bonds is 6. The molecule has 0 atom stereocenters. The summed E-state index contributed by atoms with van der Waals surface area (Å²) in [6.45, 7) is 0.712. The Labute approximate surface area is 150 Å². The Morgan fingerprint density at radius 1 is 1.08 bits per heavy atom. The lowest BCUT2D eigenvalue weighted by atomic mass is 10.2. The van der Waals surface area contributed by atoms with Gasteiger partial charge in [0.15, 0.2) is 5.11 Å². The molecule has 0 fully saturated rings. The first-order valence-electron chi connectivity index (χ1n) is 7.64. The number of benzene rings is 2. The summed E-state index contributed by atoms with van der Waals surface area (Å²) >= 11 is 5.30. The minimum atomic E-state index is -0.453. The number of nitrogens with zero attached hydrogens (tertiary/aromatic N) is 1. The molecular weight excluding hydrogens is 341 g/mol. The van der Waals surface area contributed by atoms with E-state index in [1.807, 2.05) is 30.3 Å². The fourth-order valence-electron chi connectivity index (χ4n) is 2.15. The molecule has 5 nitrogen and oxygen atoms in total. The highest BCUT2D eigenvalue weighted by atomic mass is 32.1. The molecule has 0 bridgehead atoms. The lowest BCUT2D eigenvalue weighted by Crippen LogP contribution is -2.43. The van der Waals surface area contributed by atoms with Crippen LogP contribution in [0.15, 0.2) is 54.6 Å². The first-order valence-corrected chi connectivity index (χ1v) is 8.04. The fourth-order valence-corrected chi connectivity index (χ4v) is 2.40. The second-order valence-corrected chi connectivity index (χ2v) is 5.78. The Morgan fingerprint density at radius 2 is 1.72 bits per heavy atom. The van der Waals surface area contributed by atoms with Gasteiger partial charge in [0.25, 0.3) is 5.91 Å². The number of hydrogen-bond acceptors (Lipinski definition) is 3. The third kappa shape index (κ3) is 5.96. The molecule has 0 aliphatic rings. The van der Waals surface area contributed by atoms with Crippen LogP contribution in [0.25, 0.3) is 0 Å². The van der Waals surface area contributed by atoms with E-state index < -0.39 is 17.6 Å². The third-order valence-electron chi connectivity index (χ3n) is 3.46. The zero-order valence-corrected chi connectivity index (χ0v) is 14.3. The van der Waals surface area contributed by atoms with E-state index in [0.29, 0.717) is 12.1 Å². The van der Waals surface area contributed by atoms with E-state index in [0.717, 1.165) is 5.56 Å². The largest absolute Gasteiger partial charge is 0.370 e. The Kier molecular flexibility index (Phi) is 6.59. The van der Waals surface area contributed by atoms with Gasteiger partial charge >= 0.3 is 0 Å². The molecule has 0 unspecified atom stereocenters. The van der Waals surface area contributed by atoms with Gasteiger partial charge < -0.3 is 10.6 Å². The SMILES string of the molecule is NC(=O)CCN(Cc1ccccc1)C(=S)NC(=O)c1ccc(F)cc1. The highest BCUT2D eigenvalue weighted by Crippen LogP contribution is 2.07. The van der Waals surface area contributed by atoms with E-state index in [-0.39, 0.29) is 18.1 Å². The minimum Gasteiger partial charge on any atom is -0.370 e. The van der Waals surface area contributed by atoms with Crippen molar-refractivity contribution in [2.24, 2.45) is 5.73 Å². The van der Waals surface area contributed by atoms with E-state index in [4.69, 9.17) is 18.0 Å². The smallest absolute Gasteiger partial charge is 0.257 e. The molecule has 0 spiro atoms. The molecule has 2 aromatic rings. The molecule has 25 heavy (non-hydrogen) atoms. The van der Waals surface area contributed by atoms with Crippen LogP contribution < -0.4 is 11.1 Å². The average molecular weight is 359 g/mol. The van der Waals surface area contributed by atoms with Gasteiger partial charge in [0, 0.05) is 25.1 Å². The summed E-state index contributed by atoms with van der Waals surface area (Å²) in [4.78, 5) is 25.0. The number of amides is 2. The molecule has 3 N–H and O–H groups in total. The van der Waals surface area contributed by atoms with Gasteiger partial charge in [0.1, 0.15) is 5.82 Å². The van der Waals surface area contributed by atoms with Gasteiger partial charge in [-0.3, -0.25) is 14.9 Å². The van der Waals surface area contributed by atoms with Crippen LogP contribution in [0.2, 0.25) is 0 Å². The van der Waals surface area contributed by atoms with Gasteiger partial charge in [-0.25, -0.2) is 4.39 Å². The molecule has 0 aliphatic carbocycles. The maximum atomic E-state index is 12.9. The summed E-state index contributed by atoms with van der Waals surface area (Å²) in [5.41, 5.74) is 6.48. The number of nitrogens with two attached hydrogens (primary N) is 1. The number of thiocarbonyl (C=S) groups is 1. The molecule has 0 saturated heterocycles. The van der Waals surface area contributed by atoms with Crippen LogP contribution in [-0.2, 0) is 11.3 Å². The second-order valence-electron chi connectivity index (χ2n) is 5.39. The molecule has 7 heteroatoms. The van der Waals surface area contributed by atoms with Crippen LogP contribution in [0.4, 0.5) is 4.39 Å². The van der Waals surface area contributed by atoms with Crippen molar-refractivity contribution in [2.45, 2.75) is 13.0 Å². The molecule has 0 aromatic heterocycles. The van der Waals surface area contributed by atoms with Crippen molar-refractivity contribution in [3.8, 4) is 0 Å². The first-order chi connectivity index (χ1) is 12.0. The lowest BCUT2D eigenvalue weighted by molar-refractivity contribution is -0.118. The predicted molar refractivity (Wildman–Crippen MR) is 97.1 cm³/mol. The molecule has 2 aromatic carbocycles. The Morgan fingerprint density at radius 3 is 2.32 bits per heavy atom. The Balaban J connectivity index is 2.06. The van der Waals surface area contributed by atoms with Gasteiger partial charge in [-0.1, -0.05) is 30.3 Å². The highest BCUT2D eigenvalue weighted by Gasteiger charge is 2.15. The van der Waals surface area contributed by atoms with E-state index >= 15 is 0 Å². The van der Waals surface area contributed by atoms with Gasteiger partial charge in [0.05, 0.1) is 0 Å². The Bertz CT molecular complexity index is 751. The van der Waals surface area contributed by atoms with E-state index in [1.165, 1.54) is 24.3 Å². The molecule has 2 amide bonds. The van der Waals surface area contributed by atoms with Crippen molar-refractivity contribution in [1.29, 1.82) is 0 Å². The molecule has 130 valence electrons. The lowest BCUT2D eigenvalue weighted by Gasteiger charge is -2.25. The fraction of sp³-hybridized carbons (Fsp3) is 0.167. The average Bonchev–Trinajstić information content (AvgIpc) is 2.59. The van der Waals surface area contributed by atoms with Crippen LogP contribution in [-0.4, -0.2) is 28.4 Å². The van der Waals surface area contributed by atoms with E-state index in [9.17, 15) is 14.0 Å². The normalized spacial score (nSPS) is 10.1. The maximum Gasteiger partial charge on any atom is 0.257 e. The van der Waals surface area contributed by atoms with Crippen molar-refractivity contribution in [3.05, 3.63) is 71.5 Å². The monoisotopic (exact) mass is 359 g/mol. The van der Waals surface area contributed by atoms with Crippen LogP contribution in [0.3, 0.4) is 0 Å². The summed E-state index contributed by atoms with van der Waals surface area (Å²) in [7, 11) is 0. The molecule has 0 aliphatic heterocycles. The second kappa shape index (κ2) is 8.89. The molecular formula is C18H18FN3O2S. The van der Waals surface area contributed by atoms with E-state index in [2.05, 4.69) is 5.32 Å². The number of nitrogens with one attached hydrogen (secondary N) is 1. The summed E-state index contributed by atoms with van der Waals surface area (Å²) in [6.07, 6.45) is 0.111. The van der Waals surface area contributed by atoms with Crippen LogP contribution in [0.5, 0.6) is 0 Å². The van der Waals surface area contributed by atoms with Gasteiger partial charge in [-0.2, -0.15) is 0 Å². The van der Waals surface area contributed by atoms with Gasteiger partial charge in [-0.05, 0) is 42.0 Å². The predicted octanol–water partition coefficient (Wildman–Crippen LogP) is 2.22. The summed E-state index contributed by atoms with van der Waals surface area (Å²) < 4.78 is 12.9. The first kappa shape index (κ1) is 18.5. The number of halogens is 1. The minimum absolute atomic E-state index is 0.111. The Hall–Kier alpha value is -2.80. The number of carbonyl (C=O) groups excluding carboxylic acids is 2. The summed E-state index contributed by atoms with van der Waals surface area (Å²) in [5.74, 6) is -1.32.